The molecule has 9 nitrogen and oxygen atoms in total. The molecule has 3 aromatic rings. The molecule has 0 saturated carbocycles. The molecule has 3 rings (SSSR count). The number of hydrogen-bond donors (Lipinski definition) is 0. The molecule has 0 N–H and O–H groups in total. The molecule has 1 heterocycles. The van der Waals surface area contributed by atoms with Gasteiger partial charge >= 0.3 is 18.5 Å². The number of carbonyl (C=O) groups excluding carboxylic acids is 1. The summed E-state index contributed by atoms with van der Waals surface area (Å²) in [6.45, 7) is 6.08. The van der Waals surface area contributed by atoms with Crippen LogP contribution in [0.25, 0.3) is 11.5 Å². The van der Waals surface area contributed by atoms with Crippen LogP contribution in [0.3, 0.4) is 0 Å². The molecular formula is C23H19F6N3O6. The summed E-state index contributed by atoms with van der Waals surface area (Å²) in [7, 11) is 0. The van der Waals surface area contributed by atoms with Gasteiger partial charge in [-0.3, -0.25) is 10.1 Å². The molecule has 15 heteroatoms. The molecule has 0 aliphatic carbocycles. The molecule has 0 unspecified atom stereocenters. The van der Waals surface area contributed by atoms with Crippen LogP contribution in [0, 0.1) is 15.5 Å². The number of aromatic nitrogens is 2. The fraction of sp³-hybridized carbons (Fsp3) is 0.348. The fourth-order valence-electron chi connectivity index (χ4n) is 3.05. The number of nitro groups is 1. The summed E-state index contributed by atoms with van der Waals surface area (Å²) in [4.78, 5) is 22.6. The maximum absolute atomic E-state index is 13.2. The average molecular weight is 547 g/mol. The predicted octanol–water partition coefficient (Wildman–Crippen LogP) is 7.16. The van der Waals surface area contributed by atoms with Crippen molar-refractivity contribution in [2.75, 3.05) is 0 Å². The molecule has 38 heavy (non-hydrogen) atoms. The zero-order valence-electron chi connectivity index (χ0n) is 20.1. The summed E-state index contributed by atoms with van der Waals surface area (Å²) in [5.74, 6) is -1.22. The number of carbonyl (C=O) groups is 1. The second kappa shape index (κ2) is 9.61. The highest BCUT2D eigenvalue weighted by Gasteiger charge is 2.48. The van der Waals surface area contributed by atoms with Crippen molar-refractivity contribution in [3.05, 3.63) is 69.6 Å². The summed E-state index contributed by atoms with van der Waals surface area (Å²) in [6.07, 6.45) is -11.5. The van der Waals surface area contributed by atoms with E-state index in [1.807, 2.05) is 0 Å². The molecule has 1 aromatic heterocycles. The van der Waals surface area contributed by atoms with Crippen LogP contribution in [0.15, 0.2) is 46.9 Å². The number of nitro benzene ring substituents is 1. The molecule has 0 bridgehead atoms. The number of benzene rings is 2. The van der Waals surface area contributed by atoms with Gasteiger partial charge in [-0.05, 0) is 37.3 Å². The number of rotatable bonds is 5. The molecule has 204 valence electrons. The molecule has 2 aromatic carbocycles. The van der Waals surface area contributed by atoms with Gasteiger partial charge in [0.2, 0.25) is 5.89 Å². The zero-order valence-corrected chi connectivity index (χ0v) is 20.1. The lowest BCUT2D eigenvalue weighted by molar-refractivity contribution is -0.384. The lowest BCUT2D eigenvalue weighted by Gasteiger charge is -2.37. The molecule has 1 atom stereocenters. The highest BCUT2D eigenvalue weighted by molar-refractivity contribution is 5.65. The number of ether oxygens (including phenoxy) is 2. The van der Waals surface area contributed by atoms with Crippen molar-refractivity contribution in [2.45, 2.75) is 45.6 Å². The van der Waals surface area contributed by atoms with Crippen molar-refractivity contribution in [1.29, 1.82) is 0 Å². The Hall–Kier alpha value is -4.17. The smallest absolute Gasteiger partial charge is 0.417 e. The Morgan fingerprint density at radius 3 is 1.87 bits per heavy atom. The largest absolute Gasteiger partial charge is 0.514 e. The van der Waals surface area contributed by atoms with Crippen LogP contribution < -0.4 is 4.74 Å². The highest BCUT2D eigenvalue weighted by atomic mass is 19.4. The minimum Gasteiger partial charge on any atom is -0.417 e. The summed E-state index contributed by atoms with van der Waals surface area (Å²) in [5.41, 5.74) is -6.88. The van der Waals surface area contributed by atoms with E-state index >= 15 is 0 Å². The Bertz CT molecular complexity index is 1310. The number of nitrogens with zero attached hydrogens (tertiary/aromatic N) is 3. The molecule has 0 spiro atoms. The summed E-state index contributed by atoms with van der Waals surface area (Å²) in [6, 6.07) is 5.25. The Morgan fingerprint density at radius 2 is 1.42 bits per heavy atom. The highest BCUT2D eigenvalue weighted by Crippen LogP contribution is 2.44. The van der Waals surface area contributed by atoms with Crippen LogP contribution >= 0.6 is 0 Å². The summed E-state index contributed by atoms with van der Waals surface area (Å²) < 4.78 is 95.4. The third-order valence-corrected chi connectivity index (χ3v) is 5.64. The first kappa shape index (κ1) is 28.4. The van der Waals surface area contributed by atoms with E-state index in [2.05, 4.69) is 10.2 Å². The van der Waals surface area contributed by atoms with Gasteiger partial charge in [0.1, 0.15) is 5.75 Å². The van der Waals surface area contributed by atoms with Crippen LogP contribution in [0.1, 0.15) is 44.7 Å². The third kappa shape index (κ3) is 6.03. The van der Waals surface area contributed by atoms with Gasteiger partial charge in [0.05, 0.1) is 16.1 Å². The lowest BCUT2D eigenvalue weighted by Crippen LogP contribution is -2.42. The maximum Gasteiger partial charge on any atom is 0.514 e. The van der Waals surface area contributed by atoms with E-state index in [4.69, 9.17) is 13.9 Å². The lowest BCUT2D eigenvalue weighted by atomic mass is 9.77. The fourth-order valence-corrected chi connectivity index (χ4v) is 3.05. The number of hydrogen-bond acceptors (Lipinski definition) is 8. The van der Waals surface area contributed by atoms with Gasteiger partial charge in [0.15, 0.2) is 5.60 Å². The van der Waals surface area contributed by atoms with Crippen LogP contribution in [0.2, 0.25) is 0 Å². The van der Waals surface area contributed by atoms with Crippen LogP contribution in [0.5, 0.6) is 5.75 Å². The summed E-state index contributed by atoms with van der Waals surface area (Å²) >= 11 is 0. The van der Waals surface area contributed by atoms with Crippen molar-refractivity contribution >= 4 is 11.8 Å². The molecule has 0 aliphatic heterocycles. The van der Waals surface area contributed by atoms with Gasteiger partial charge in [-0.1, -0.05) is 20.8 Å². The van der Waals surface area contributed by atoms with Gasteiger partial charge in [0, 0.05) is 23.1 Å². The van der Waals surface area contributed by atoms with Crippen molar-refractivity contribution in [1.82, 2.24) is 10.2 Å². The second-order valence-corrected chi connectivity index (χ2v) is 9.20. The number of halogens is 6. The Balaban J connectivity index is 1.96. The van der Waals surface area contributed by atoms with Gasteiger partial charge < -0.3 is 13.9 Å². The zero-order chi connectivity index (χ0) is 28.7. The molecule has 0 aliphatic rings. The Kier molecular flexibility index (Phi) is 7.18. The van der Waals surface area contributed by atoms with Crippen LogP contribution in [-0.2, 0) is 22.7 Å². The average Bonchev–Trinajstić information content (AvgIpc) is 3.28. The minimum absolute atomic E-state index is 0.0443. The van der Waals surface area contributed by atoms with Crippen LogP contribution in [-0.4, -0.2) is 21.3 Å². The quantitative estimate of drug-likeness (QED) is 0.109. The van der Waals surface area contributed by atoms with Crippen molar-refractivity contribution in [3.63, 3.8) is 0 Å². The predicted molar refractivity (Wildman–Crippen MR) is 117 cm³/mol. The van der Waals surface area contributed by atoms with E-state index in [1.54, 1.807) is 20.8 Å². The van der Waals surface area contributed by atoms with Gasteiger partial charge in [-0.25, -0.2) is 4.79 Å². The van der Waals surface area contributed by atoms with E-state index in [0.29, 0.717) is 12.1 Å². The number of non-ortho nitro benzene ring substituents is 1. The summed E-state index contributed by atoms with van der Waals surface area (Å²) in [5, 5.41) is 18.1. The number of alkyl halides is 6. The van der Waals surface area contributed by atoms with E-state index in [-0.39, 0.29) is 17.5 Å². The minimum atomic E-state index is -5.09. The van der Waals surface area contributed by atoms with Crippen molar-refractivity contribution < 1.29 is 50.0 Å². The Morgan fingerprint density at radius 1 is 0.895 bits per heavy atom. The third-order valence-electron chi connectivity index (χ3n) is 5.64. The monoisotopic (exact) mass is 547 g/mol. The molecule has 0 saturated heterocycles. The first-order valence-electron chi connectivity index (χ1n) is 10.6. The standard InChI is InChI=1S/C23H19F6N3O6/c1-20(2,3)21(4,38-19(33)36-16-7-5-15(6-8-16)32(34)35)18-31-30-17(37-18)12-9-13(22(24,25)26)11-14(10-12)23(27,28)29/h5-11H,1-4H3/t21-/m1/s1. The van der Waals surface area contributed by atoms with E-state index < -0.39 is 62.9 Å². The van der Waals surface area contributed by atoms with Gasteiger partial charge in [0.25, 0.3) is 11.6 Å². The van der Waals surface area contributed by atoms with Crippen molar-refractivity contribution in [2.24, 2.45) is 5.41 Å². The van der Waals surface area contributed by atoms with Crippen molar-refractivity contribution in [3.8, 4) is 17.2 Å². The van der Waals surface area contributed by atoms with E-state index in [0.717, 1.165) is 24.3 Å². The molecular weight excluding hydrogens is 528 g/mol. The SMILES string of the molecule is CC(C)(C)[C@](C)(OC(=O)Oc1ccc([N+](=O)[O-])cc1)c1nnc(-c2cc(C(F)(F)F)cc(C(F)(F)F)c2)o1. The topological polar surface area (TPSA) is 118 Å². The van der Waals surface area contributed by atoms with Gasteiger partial charge in [-0.15, -0.1) is 10.2 Å². The first-order valence-corrected chi connectivity index (χ1v) is 10.6. The molecule has 0 fully saturated rings. The maximum atomic E-state index is 13.2. The molecule has 0 amide bonds. The second-order valence-electron chi connectivity index (χ2n) is 9.20. The van der Waals surface area contributed by atoms with E-state index in [9.17, 15) is 41.3 Å². The van der Waals surface area contributed by atoms with Crippen LogP contribution in [0.4, 0.5) is 36.8 Å². The first-order chi connectivity index (χ1) is 17.3. The molecule has 0 radical (unpaired) electrons. The Labute approximate surface area is 210 Å². The normalized spacial score (nSPS) is 14.1. The van der Waals surface area contributed by atoms with Gasteiger partial charge in [-0.2, -0.15) is 26.3 Å². The van der Waals surface area contributed by atoms with E-state index in [1.165, 1.54) is 6.92 Å².